The van der Waals surface area contributed by atoms with Gasteiger partial charge in [-0.2, -0.15) is 0 Å². The monoisotopic (exact) mass is 346 g/mol. The summed E-state index contributed by atoms with van der Waals surface area (Å²) < 4.78 is 2.83. The van der Waals surface area contributed by atoms with Crippen LogP contribution in [-0.4, -0.2) is 25.0 Å². The fraction of sp³-hybridized carbons (Fsp3) is 0.0526. The molecule has 4 rings (SSSR count). The van der Waals surface area contributed by atoms with Crippen molar-refractivity contribution in [3.05, 3.63) is 87.8 Å². The van der Waals surface area contributed by atoms with Gasteiger partial charge in [-0.05, 0) is 23.8 Å². The van der Waals surface area contributed by atoms with Gasteiger partial charge in [0, 0.05) is 6.20 Å². The van der Waals surface area contributed by atoms with Gasteiger partial charge in [-0.25, -0.2) is 9.78 Å². The molecular weight excluding hydrogens is 332 g/mol. The van der Waals surface area contributed by atoms with E-state index >= 15 is 0 Å². The predicted octanol–water partition coefficient (Wildman–Crippen LogP) is 1.88. The number of carbonyl (C=O) groups is 1. The maximum atomic E-state index is 12.8. The lowest BCUT2D eigenvalue weighted by molar-refractivity contribution is 0.0694. The standard InChI is InChI=1S/C19H14N4O3/c20-16-13(19(25)26)10-14-17(23(16)11-12-6-2-1-3-7-12)21-15-8-4-5-9-22(15)18(14)24/h1-10,20H,11H2,(H,25,26). The number of fused-ring (bicyclic) bond motifs is 2. The average molecular weight is 346 g/mol. The molecule has 0 atom stereocenters. The summed E-state index contributed by atoms with van der Waals surface area (Å²) >= 11 is 0. The Labute approximate surface area is 146 Å². The van der Waals surface area contributed by atoms with Gasteiger partial charge in [0.2, 0.25) is 0 Å². The van der Waals surface area contributed by atoms with E-state index in [4.69, 9.17) is 5.41 Å². The van der Waals surface area contributed by atoms with Gasteiger partial charge < -0.3 is 9.67 Å². The van der Waals surface area contributed by atoms with Gasteiger partial charge in [0.15, 0.2) is 0 Å². The Bertz CT molecular complexity index is 1270. The lowest BCUT2D eigenvalue weighted by Gasteiger charge is -2.13. The molecule has 0 saturated heterocycles. The van der Waals surface area contributed by atoms with Crippen LogP contribution in [0.25, 0.3) is 16.7 Å². The zero-order valence-electron chi connectivity index (χ0n) is 13.6. The van der Waals surface area contributed by atoms with Crippen molar-refractivity contribution in [2.45, 2.75) is 6.54 Å². The van der Waals surface area contributed by atoms with Gasteiger partial charge in [0.25, 0.3) is 5.56 Å². The van der Waals surface area contributed by atoms with Gasteiger partial charge >= 0.3 is 5.97 Å². The number of carboxylic acids is 1. The molecule has 7 heteroatoms. The van der Waals surface area contributed by atoms with E-state index < -0.39 is 5.97 Å². The van der Waals surface area contributed by atoms with Crippen molar-refractivity contribution in [1.29, 1.82) is 5.41 Å². The van der Waals surface area contributed by atoms with Crippen LogP contribution in [0.5, 0.6) is 0 Å². The second-order valence-corrected chi connectivity index (χ2v) is 5.87. The highest BCUT2D eigenvalue weighted by molar-refractivity contribution is 5.91. The van der Waals surface area contributed by atoms with Gasteiger partial charge in [0.1, 0.15) is 22.3 Å². The average Bonchev–Trinajstić information content (AvgIpc) is 2.65. The van der Waals surface area contributed by atoms with E-state index in [1.807, 2.05) is 30.3 Å². The summed E-state index contributed by atoms with van der Waals surface area (Å²) in [4.78, 5) is 28.9. The molecule has 4 aromatic rings. The Morgan fingerprint density at radius 3 is 2.58 bits per heavy atom. The zero-order chi connectivity index (χ0) is 18.3. The number of hydrogen-bond donors (Lipinski definition) is 2. The molecule has 0 radical (unpaired) electrons. The van der Waals surface area contributed by atoms with Crippen LogP contribution in [0.1, 0.15) is 15.9 Å². The normalized spacial score (nSPS) is 11.1. The number of carboxylic acid groups (broad SMARTS) is 1. The summed E-state index contributed by atoms with van der Waals surface area (Å²) in [5, 5.41) is 17.9. The molecule has 0 bridgehead atoms. The molecule has 3 aromatic heterocycles. The van der Waals surface area contributed by atoms with E-state index in [1.54, 1.807) is 24.4 Å². The van der Waals surface area contributed by atoms with E-state index in [1.165, 1.54) is 15.0 Å². The minimum atomic E-state index is -1.25. The smallest absolute Gasteiger partial charge is 0.339 e. The first-order chi connectivity index (χ1) is 12.6. The number of nitrogens with zero attached hydrogens (tertiary/aromatic N) is 3. The van der Waals surface area contributed by atoms with Crippen LogP contribution in [-0.2, 0) is 6.54 Å². The fourth-order valence-electron chi connectivity index (χ4n) is 2.97. The third kappa shape index (κ3) is 2.46. The van der Waals surface area contributed by atoms with E-state index in [2.05, 4.69) is 4.98 Å². The molecule has 26 heavy (non-hydrogen) atoms. The van der Waals surface area contributed by atoms with Crippen molar-refractivity contribution >= 4 is 22.6 Å². The fourth-order valence-corrected chi connectivity index (χ4v) is 2.97. The van der Waals surface area contributed by atoms with Gasteiger partial charge in [0.05, 0.1) is 11.9 Å². The summed E-state index contributed by atoms with van der Waals surface area (Å²) in [6.07, 6.45) is 1.58. The number of pyridine rings is 2. The zero-order valence-corrected chi connectivity index (χ0v) is 13.6. The van der Waals surface area contributed by atoms with Crippen LogP contribution >= 0.6 is 0 Å². The van der Waals surface area contributed by atoms with Crippen LogP contribution in [0.3, 0.4) is 0 Å². The van der Waals surface area contributed by atoms with Crippen LogP contribution in [0, 0.1) is 5.41 Å². The molecule has 3 heterocycles. The Morgan fingerprint density at radius 1 is 1.12 bits per heavy atom. The van der Waals surface area contributed by atoms with Crippen molar-refractivity contribution in [3.8, 4) is 0 Å². The summed E-state index contributed by atoms with van der Waals surface area (Å²) in [6, 6.07) is 15.7. The van der Waals surface area contributed by atoms with E-state index in [0.29, 0.717) is 11.3 Å². The van der Waals surface area contributed by atoms with Gasteiger partial charge in [-0.3, -0.25) is 14.6 Å². The minimum absolute atomic E-state index is 0.165. The highest BCUT2D eigenvalue weighted by Gasteiger charge is 2.16. The Morgan fingerprint density at radius 2 is 1.85 bits per heavy atom. The van der Waals surface area contributed by atoms with Crippen molar-refractivity contribution in [3.63, 3.8) is 0 Å². The van der Waals surface area contributed by atoms with Crippen LogP contribution in [0.15, 0.2) is 65.6 Å². The summed E-state index contributed by atoms with van der Waals surface area (Å²) in [7, 11) is 0. The van der Waals surface area contributed by atoms with Crippen molar-refractivity contribution in [1.82, 2.24) is 14.0 Å². The number of aromatic nitrogens is 3. The summed E-state index contributed by atoms with van der Waals surface area (Å²) in [6.45, 7) is 0.243. The lowest BCUT2D eigenvalue weighted by atomic mass is 10.2. The molecule has 0 aliphatic rings. The lowest BCUT2D eigenvalue weighted by Crippen LogP contribution is -2.30. The summed E-state index contributed by atoms with van der Waals surface area (Å²) in [5.74, 6) is -1.25. The number of nitrogens with one attached hydrogen (secondary N) is 1. The van der Waals surface area contributed by atoms with Gasteiger partial charge in [-0.15, -0.1) is 0 Å². The Hall–Kier alpha value is -3.74. The number of hydrogen-bond acceptors (Lipinski definition) is 4. The quantitative estimate of drug-likeness (QED) is 0.553. The molecule has 0 aliphatic heterocycles. The summed E-state index contributed by atoms with van der Waals surface area (Å²) in [5.41, 5.74) is 0.818. The molecular formula is C19H14N4O3. The maximum absolute atomic E-state index is 12.8. The SMILES string of the molecule is N=c1c(C(=O)O)cc2c(=O)n3ccccc3nc2n1Cc1ccccc1. The second-order valence-electron chi connectivity index (χ2n) is 5.87. The van der Waals surface area contributed by atoms with E-state index in [9.17, 15) is 14.7 Å². The topological polar surface area (TPSA) is 100 Å². The maximum Gasteiger partial charge on any atom is 0.339 e. The van der Waals surface area contributed by atoms with E-state index in [0.717, 1.165) is 5.56 Å². The van der Waals surface area contributed by atoms with Crippen molar-refractivity contribution in [2.75, 3.05) is 0 Å². The van der Waals surface area contributed by atoms with Crippen molar-refractivity contribution < 1.29 is 9.90 Å². The van der Waals surface area contributed by atoms with Crippen LogP contribution in [0.4, 0.5) is 0 Å². The largest absolute Gasteiger partial charge is 0.478 e. The molecule has 2 N–H and O–H groups in total. The first kappa shape index (κ1) is 15.8. The number of benzene rings is 1. The van der Waals surface area contributed by atoms with Gasteiger partial charge in [-0.1, -0.05) is 36.4 Å². The third-order valence-corrected chi connectivity index (χ3v) is 4.23. The molecule has 0 amide bonds. The molecule has 128 valence electrons. The predicted molar refractivity (Wildman–Crippen MR) is 95.3 cm³/mol. The first-order valence-corrected chi connectivity index (χ1v) is 7.93. The minimum Gasteiger partial charge on any atom is -0.478 e. The molecule has 7 nitrogen and oxygen atoms in total. The molecule has 1 aromatic carbocycles. The Kier molecular flexibility index (Phi) is 3.62. The Balaban J connectivity index is 2.13. The third-order valence-electron chi connectivity index (χ3n) is 4.23. The number of aromatic carboxylic acids is 1. The molecule has 0 fully saturated rings. The molecule has 0 saturated carbocycles. The van der Waals surface area contributed by atoms with E-state index in [-0.39, 0.29) is 28.5 Å². The van der Waals surface area contributed by atoms with Crippen LogP contribution < -0.4 is 11.0 Å². The highest BCUT2D eigenvalue weighted by atomic mass is 16.4. The first-order valence-electron chi connectivity index (χ1n) is 7.93. The molecule has 0 unspecified atom stereocenters. The second kappa shape index (κ2) is 5.96. The van der Waals surface area contributed by atoms with Crippen LogP contribution in [0.2, 0.25) is 0 Å². The molecule has 0 spiro atoms. The molecule has 0 aliphatic carbocycles. The van der Waals surface area contributed by atoms with Crippen molar-refractivity contribution in [2.24, 2.45) is 0 Å². The highest BCUT2D eigenvalue weighted by Crippen LogP contribution is 2.12. The number of rotatable bonds is 3.